The lowest BCUT2D eigenvalue weighted by Gasteiger charge is -2.22. The van der Waals surface area contributed by atoms with Crippen LogP contribution in [0.3, 0.4) is 0 Å². The SMILES string of the molecule is COCCNC(C)C(C)c1cccc(C)c1. The minimum Gasteiger partial charge on any atom is -0.383 e. The highest BCUT2D eigenvalue weighted by molar-refractivity contribution is 5.26. The summed E-state index contributed by atoms with van der Waals surface area (Å²) in [7, 11) is 1.73. The van der Waals surface area contributed by atoms with E-state index in [1.54, 1.807) is 7.11 Å². The maximum atomic E-state index is 5.03. The maximum Gasteiger partial charge on any atom is 0.0587 e. The van der Waals surface area contributed by atoms with Gasteiger partial charge in [0, 0.05) is 19.7 Å². The van der Waals surface area contributed by atoms with Gasteiger partial charge in [-0.15, -0.1) is 0 Å². The molecule has 1 aromatic rings. The quantitative estimate of drug-likeness (QED) is 0.746. The number of methoxy groups -OCH3 is 1. The van der Waals surface area contributed by atoms with E-state index in [9.17, 15) is 0 Å². The summed E-state index contributed by atoms with van der Waals surface area (Å²) in [6.45, 7) is 8.31. The zero-order chi connectivity index (χ0) is 12.0. The number of ether oxygens (including phenoxy) is 1. The average molecular weight is 221 g/mol. The van der Waals surface area contributed by atoms with Crippen molar-refractivity contribution in [1.29, 1.82) is 0 Å². The van der Waals surface area contributed by atoms with E-state index in [0.717, 1.165) is 13.2 Å². The standard InChI is InChI=1S/C14H23NO/c1-11-6-5-7-14(10-11)12(2)13(3)15-8-9-16-4/h5-7,10,12-13,15H,8-9H2,1-4H3. The number of aryl methyl sites for hydroxylation is 1. The third-order valence-electron chi connectivity index (χ3n) is 3.09. The van der Waals surface area contributed by atoms with Crippen LogP contribution in [-0.4, -0.2) is 26.3 Å². The summed E-state index contributed by atoms with van der Waals surface area (Å²) in [5.41, 5.74) is 2.73. The molecule has 0 bridgehead atoms. The van der Waals surface area contributed by atoms with Crippen LogP contribution in [0.4, 0.5) is 0 Å². The minimum absolute atomic E-state index is 0.469. The van der Waals surface area contributed by atoms with E-state index in [1.165, 1.54) is 11.1 Å². The summed E-state index contributed by atoms with van der Waals surface area (Å²) in [5, 5.41) is 3.48. The molecule has 0 radical (unpaired) electrons. The second-order valence-corrected chi connectivity index (χ2v) is 4.44. The largest absolute Gasteiger partial charge is 0.383 e. The molecule has 0 aliphatic heterocycles. The molecule has 2 heteroatoms. The van der Waals surface area contributed by atoms with Crippen LogP contribution in [-0.2, 0) is 4.74 Å². The van der Waals surface area contributed by atoms with Gasteiger partial charge in [-0.3, -0.25) is 0 Å². The first kappa shape index (κ1) is 13.2. The summed E-state index contributed by atoms with van der Waals surface area (Å²) in [6.07, 6.45) is 0. The zero-order valence-corrected chi connectivity index (χ0v) is 10.8. The van der Waals surface area contributed by atoms with Gasteiger partial charge < -0.3 is 10.1 Å². The Hall–Kier alpha value is -0.860. The Bertz CT molecular complexity index is 311. The number of rotatable bonds is 6. The van der Waals surface area contributed by atoms with E-state index in [1.807, 2.05) is 0 Å². The normalized spacial score (nSPS) is 14.8. The van der Waals surface area contributed by atoms with E-state index in [-0.39, 0.29) is 0 Å². The van der Waals surface area contributed by atoms with Crippen LogP contribution in [0, 0.1) is 6.92 Å². The molecule has 0 heterocycles. The van der Waals surface area contributed by atoms with Gasteiger partial charge in [-0.25, -0.2) is 0 Å². The molecule has 2 unspecified atom stereocenters. The molecule has 0 aliphatic carbocycles. The van der Waals surface area contributed by atoms with Crippen LogP contribution in [0.15, 0.2) is 24.3 Å². The predicted molar refractivity (Wildman–Crippen MR) is 68.9 cm³/mol. The molecule has 90 valence electrons. The van der Waals surface area contributed by atoms with Crippen molar-refractivity contribution in [3.8, 4) is 0 Å². The first-order valence-electron chi connectivity index (χ1n) is 5.94. The fourth-order valence-electron chi connectivity index (χ4n) is 1.81. The Balaban J connectivity index is 2.52. The van der Waals surface area contributed by atoms with Crippen LogP contribution >= 0.6 is 0 Å². The Morgan fingerprint density at radius 2 is 2.06 bits per heavy atom. The van der Waals surface area contributed by atoms with Gasteiger partial charge in [-0.2, -0.15) is 0 Å². The number of hydrogen-bond donors (Lipinski definition) is 1. The van der Waals surface area contributed by atoms with Crippen molar-refractivity contribution in [1.82, 2.24) is 5.32 Å². The molecule has 0 aromatic heterocycles. The van der Waals surface area contributed by atoms with Gasteiger partial charge in [0.1, 0.15) is 0 Å². The van der Waals surface area contributed by atoms with Gasteiger partial charge in [-0.05, 0) is 25.3 Å². The number of nitrogens with one attached hydrogen (secondary N) is 1. The Morgan fingerprint density at radius 3 is 2.69 bits per heavy atom. The van der Waals surface area contributed by atoms with Crippen molar-refractivity contribution >= 4 is 0 Å². The van der Waals surface area contributed by atoms with Crippen molar-refractivity contribution in [2.24, 2.45) is 0 Å². The Morgan fingerprint density at radius 1 is 1.31 bits per heavy atom. The highest BCUT2D eigenvalue weighted by Crippen LogP contribution is 2.19. The van der Waals surface area contributed by atoms with E-state index >= 15 is 0 Å². The smallest absolute Gasteiger partial charge is 0.0587 e. The molecular weight excluding hydrogens is 198 g/mol. The number of benzene rings is 1. The van der Waals surface area contributed by atoms with Gasteiger partial charge in [0.05, 0.1) is 6.61 Å². The second-order valence-electron chi connectivity index (χ2n) is 4.44. The van der Waals surface area contributed by atoms with Crippen LogP contribution in [0.2, 0.25) is 0 Å². The van der Waals surface area contributed by atoms with Crippen LogP contribution in [0.25, 0.3) is 0 Å². The predicted octanol–water partition coefficient (Wildman–Crippen LogP) is 2.72. The van der Waals surface area contributed by atoms with Crippen molar-refractivity contribution < 1.29 is 4.74 Å². The van der Waals surface area contributed by atoms with Gasteiger partial charge in [0.2, 0.25) is 0 Å². The fraction of sp³-hybridized carbons (Fsp3) is 0.571. The van der Waals surface area contributed by atoms with Crippen LogP contribution < -0.4 is 5.32 Å². The molecular formula is C14H23NO. The highest BCUT2D eigenvalue weighted by atomic mass is 16.5. The van der Waals surface area contributed by atoms with Crippen molar-refractivity contribution in [3.05, 3.63) is 35.4 Å². The van der Waals surface area contributed by atoms with Crippen LogP contribution in [0.5, 0.6) is 0 Å². The first-order valence-corrected chi connectivity index (χ1v) is 5.94. The summed E-state index contributed by atoms with van der Waals surface area (Å²) in [4.78, 5) is 0. The molecule has 0 saturated heterocycles. The summed E-state index contributed by atoms with van der Waals surface area (Å²) >= 11 is 0. The molecule has 2 atom stereocenters. The van der Waals surface area contributed by atoms with Crippen molar-refractivity contribution in [3.63, 3.8) is 0 Å². The molecule has 1 aromatic carbocycles. The molecule has 0 spiro atoms. The van der Waals surface area contributed by atoms with Gasteiger partial charge >= 0.3 is 0 Å². The number of hydrogen-bond acceptors (Lipinski definition) is 2. The monoisotopic (exact) mass is 221 g/mol. The van der Waals surface area contributed by atoms with Gasteiger partial charge in [0.15, 0.2) is 0 Å². The Labute approximate surface area is 99.0 Å². The molecule has 1 rings (SSSR count). The molecule has 0 aliphatic rings. The lowest BCUT2D eigenvalue weighted by molar-refractivity contribution is 0.195. The highest BCUT2D eigenvalue weighted by Gasteiger charge is 2.13. The van der Waals surface area contributed by atoms with E-state index in [4.69, 9.17) is 4.74 Å². The molecule has 0 amide bonds. The summed E-state index contributed by atoms with van der Waals surface area (Å²) in [6, 6.07) is 9.20. The summed E-state index contributed by atoms with van der Waals surface area (Å²) < 4.78 is 5.03. The topological polar surface area (TPSA) is 21.3 Å². The lowest BCUT2D eigenvalue weighted by atomic mass is 9.93. The van der Waals surface area contributed by atoms with E-state index in [2.05, 4.69) is 50.4 Å². The maximum absolute atomic E-state index is 5.03. The lowest BCUT2D eigenvalue weighted by Crippen LogP contribution is -2.33. The average Bonchev–Trinajstić information content (AvgIpc) is 2.28. The van der Waals surface area contributed by atoms with E-state index < -0.39 is 0 Å². The van der Waals surface area contributed by atoms with E-state index in [0.29, 0.717) is 12.0 Å². The molecule has 16 heavy (non-hydrogen) atoms. The Kier molecular flexibility index (Phi) is 5.50. The first-order chi connectivity index (χ1) is 7.65. The molecule has 0 saturated carbocycles. The summed E-state index contributed by atoms with van der Waals surface area (Å²) in [5.74, 6) is 0.525. The van der Waals surface area contributed by atoms with Crippen molar-refractivity contribution in [2.75, 3.05) is 20.3 Å². The third-order valence-corrected chi connectivity index (χ3v) is 3.09. The van der Waals surface area contributed by atoms with Gasteiger partial charge in [-0.1, -0.05) is 36.8 Å². The van der Waals surface area contributed by atoms with Crippen LogP contribution in [0.1, 0.15) is 30.9 Å². The molecule has 0 fully saturated rings. The van der Waals surface area contributed by atoms with Crippen molar-refractivity contribution in [2.45, 2.75) is 32.7 Å². The zero-order valence-electron chi connectivity index (χ0n) is 10.8. The molecule has 1 N–H and O–H groups in total. The fourth-order valence-corrected chi connectivity index (χ4v) is 1.81. The molecule has 2 nitrogen and oxygen atoms in total. The second kappa shape index (κ2) is 6.66. The van der Waals surface area contributed by atoms with Gasteiger partial charge in [0.25, 0.3) is 0 Å². The minimum atomic E-state index is 0.469. The third kappa shape index (κ3) is 3.95.